The Balaban J connectivity index is 1.55. The minimum absolute atomic E-state index is 0.108. The number of methoxy groups -OCH3 is 1. The van der Waals surface area contributed by atoms with Crippen LogP contribution in [0.3, 0.4) is 0 Å². The third kappa shape index (κ3) is 5.48. The molecule has 176 valence electrons. The largest absolute Gasteiger partial charge is 0.480 e. The minimum Gasteiger partial charge on any atom is -0.480 e. The second-order valence-corrected chi connectivity index (χ2v) is 9.19. The molecule has 0 aliphatic carbocycles. The molecule has 4 rings (SSSR count). The summed E-state index contributed by atoms with van der Waals surface area (Å²) in [5.74, 6) is 2.30. The van der Waals surface area contributed by atoms with Gasteiger partial charge in [0.15, 0.2) is 0 Å². The van der Waals surface area contributed by atoms with E-state index >= 15 is 0 Å². The van der Waals surface area contributed by atoms with E-state index < -0.39 is 0 Å². The van der Waals surface area contributed by atoms with E-state index in [0.29, 0.717) is 34.6 Å². The number of anilines is 1. The lowest BCUT2D eigenvalue weighted by molar-refractivity contribution is 0.398. The van der Waals surface area contributed by atoms with Crippen LogP contribution in [0.25, 0.3) is 22.5 Å². The maximum absolute atomic E-state index is 6.11. The van der Waals surface area contributed by atoms with Gasteiger partial charge in [-0.25, -0.2) is 9.97 Å². The summed E-state index contributed by atoms with van der Waals surface area (Å²) in [6.45, 7) is 9.08. The second kappa shape index (κ2) is 9.46. The minimum atomic E-state index is 0.108. The molecule has 0 aliphatic heterocycles. The van der Waals surface area contributed by atoms with E-state index in [-0.39, 0.29) is 5.41 Å². The molecule has 0 atom stereocenters. The van der Waals surface area contributed by atoms with Gasteiger partial charge in [0.2, 0.25) is 11.8 Å². The van der Waals surface area contributed by atoms with E-state index in [1.54, 1.807) is 30.4 Å². The number of pyridine rings is 2. The summed E-state index contributed by atoms with van der Waals surface area (Å²) in [5.41, 5.74) is 3.96. The first-order chi connectivity index (χ1) is 16.2. The van der Waals surface area contributed by atoms with Gasteiger partial charge >= 0.3 is 0 Å². The summed E-state index contributed by atoms with van der Waals surface area (Å²) in [4.78, 5) is 18.1. The lowest BCUT2D eigenvalue weighted by Crippen LogP contribution is -2.20. The van der Waals surface area contributed by atoms with Gasteiger partial charge in [-0.3, -0.25) is 9.67 Å². The normalized spacial score (nSPS) is 11.4. The van der Waals surface area contributed by atoms with E-state index in [1.165, 1.54) is 0 Å². The Morgan fingerprint density at radius 3 is 2.53 bits per heavy atom. The van der Waals surface area contributed by atoms with Crippen LogP contribution in [0, 0.1) is 12.3 Å². The van der Waals surface area contributed by atoms with Gasteiger partial charge in [-0.05, 0) is 30.5 Å². The highest BCUT2D eigenvalue weighted by molar-refractivity contribution is 5.66. The molecule has 9 heteroatoms. The Kier molecular flexibility index (Phi) is 6.45. The molecular weight excluding hydrogens is 430 g/mol. The van der Waals surface area contributed by atoms with Gasteiger partial charge in [-0.15, -0.1) is 0 Å². The molecule has 0 radical (unpaired) electrons. The Morgan fingerprint density at radius 1 is 1.03 bits per heavy atom. The van der Waals surface area contributed by atoms with Crippen LogP contribution in [0.5, 0.6) is 17.4 Å². The number of aryl methyl sites for hydroxylation is 2. The van der Waals surface area contributed by atoms with Crippen molar-refractivity contribution in [3.63, 3.8) is 0 Å². The molecule has 0 amide bonds. The predicted octanol–water partition coefficient (Wildman–Crippen LogP) is 4.90. The monoisotopic (exact) mass is 459 g/mol. The summed E-state index contributed by atoms with van der Waals surface area (Å²) in [5, 5.41) is 7.45. The Hall–Kier alpha value is -4.01. The van der Waals surface area contributed by atoms with Crippen molar-refractivity contribution in [2.75, 3.05) is 19.0 Å². The summed E-state index contributed by atoms with van der Waals surface area (Å²) in [7, 11) is 3.46. The molecule has 34 heavy (non-hydrogen) atoms. The highest BCUT2D eigenvalue weighted by atomic mass is 16.5. The van der Waals surface area contributed by atoms with Crippen molar-refractivity contribution in [2.45, 2.75) is 27.7 Å². The van der Waals surface area contributed by atoms with Crippen molar-refractivity contribution in [3.8, 4) is 39.9 Å². The van der Waals surface area contributed by atoms with Crippen LogP contribution < -0.4 is 14.8 Å². The average Bonchev–Trinajstić information content (AvgIpc) is 3.25. The standard InChI is InChI=1S/C25H29N7O2/c1-16-22(34-18-9-10-26-21(11-18)17-12-29-32(5)14-17)8-7-20(30-16)19-13-27-24(31-23(19)33-6)28-15-25(2,3)4/h7-14H,15H2,1-6H3,(H,27,28,31). The van der Waals surface area contributed by atoms with Crippen LogP contribution >= 0.6 is 0 Å². The maximum atomic E-state index is 6.11. The summed E-state index contributed by atoms with van der Waals surface area (Å²) >= 11 is 0. The zero-order chi connectivity index (χ0) is 24.3. The summed E-state index contributed by atoms with van der Waals surface area (Å²) in [6, 6.07) is 7.44. The average molecular weight is 460 g/mol. The number of hydrogen-bond acceptors (Lipinski definition) is 8. The highest BCUT2D eigenvalue weighted by Gasteiger charge is 2.15. The molecule has 0 saturated carbocycles. The fourth-order valence-corrected chi connectivity index (χ4v) is 3.25. The van der Waals surface area contributed by atoms with Crippen molar-refractivity contribution in [3.05, 3.63) is 54.7 Å². The van der Waals surface area contributed by atoms with Gasteiger partial charge in [0, 0.05) is 43.8 Å². The van der Waals surface area contributed by atoms with E-state index in [0.717, 1.165) is 23.5 Å². The number of nitrogens with one attached hydrogen (secondary N) is 1. The van der Waals surface area contributed by atoms with Crippen LogP contribution in [0.4, 0.5) is 5.95 Å². The molecule has 4 aromatic rings. The smallest absolute Gasteiger partial charge is 0.227 e. The molecule has 0 fully saturated rings. The number of nitrogens with zero attached hydrogens (tertiary/aromatic N) is 6. The molecule has 4 heterocycles. The first-order valence-corrected chi connectivity index (χ1v) is 11.0. The van der Waals surface area contributed by atoms with Crippen LogP contribution in [0.2, 0.25) is 0 Å². The molecule has 0 unspecified atom stereocenters. The fourth-order valence-electron chi connectivity index (χ4n) is 3.25. The van der Waals surface area contributed by atoms with Gasteiger partial charge in [-0.1, -0.05) is 20.8 Å². The second-order valence-electron chi connectivity index (χ2n) is 9.19. The van der Waals surface area contributed by atoms with Crippen molar-refractivity contribution < 1.29 is 9.47 Å². The predicted molar refractivity (Wildman–Crippen MR) is 131 cm³/mol. The summed E-state index contributed by atoms with van der Waals surface area (Å²) in [6.07, 6.45) is 7.12. The van der Waals surface area contributed by atoms with Gasteiger partial charge in [-0.2, -0.15) is 10.1 Å². The van der Waals surface area contributed by atoms with Crippen LogP contribution in [0.1, 0.15) is 26.5 Å². The van der Waals surface area contributed by atoms with Crippen molar-refractivity contribution in [1.29, 1.82) is 0 Å². The van der Waals surface area contributed by atoms with Crippen molar-refractivity contribution >= 4 is 5.95 Å². The summed E-state index contributed by atoms with van der Waals surface area (Å²) < 4.78 is 13.4. The zero-order valence-electron chi connectivity index (χ0n) is 20.3. The SMILES string of the molecule is COc1nc(NCC(C)(C)C)ncc1-c1ccc(Oc2ccnc(-c3cnn(C)c3)c2)c(C)n1. The van der Waals surface area contributed by atoms with Gasteiger partial charge in [0.1, 0.15) is 11.5 Å². The van der Waals surface area contributed by atoms with Gasteiger partial charge in [0.25, 0.3) is 0 Å². The van der Waals surface area contributed by atoms with Crippen molar-refractivity contribution in [2.24, 2.45) is 12.5 Å². The quantitative estimate of drug-likeness (QED) is 0.416. The van der Waals surface area contributed by atoms with Crippen LogP contribution in [-0.2, 0) is 7.05 Å². The lowest BCUT2D eigenvalue weighted by Gasteiger charge is -2.19. The fraction of sp³-hybridized carbons (Fsp3) is 0.320. The molecular formula is C25H29N7O2. The highest BCUT2D eigenvalue weighted by Crippen LogP contribution is 2.32. The maximum Gasteiger partial charge on any atom is 0.227 e. The van der Waals surface area contributed by atoms with E-state index in [2.05, 4.69) is 46.1 Å². The molecule has 0 aromatic carbocycles. The van der Waals surface area contributed by atoms with Gasteiger partial charge in [0.05, 0.1) is 36.0 Å². The lowest BCUT2D eigenvalue weighted by atomic mass is 9.97. The molecule has 0 bridgehead atoms. The Bertz CT molecular complexity index is 1290. The zero-order valence-corrected chi connectivity index (χ0v) is 20.3. The number of ether oxygens (including phenoxy) is 2. The molecule has 0 aliphatic rings. The molecule has 4 aromatic heterocycles. The number of hydrogen-bond donors (Lipinski definition) is 1. The van der Waals surface area contributed by atoms with Crippen LogP contribution in [0.15, 0.2) is 49.1 Å². The third-order valence-corrected chi connectivity index (χ3v) is 5.00. The Morgan fingerprint density at radius 2 is 1.85 bits per heavy atom. The third-order valence-electron chi connectivity index (χ3n) is 5.00. The van der Waals surface area contributed by atoms with E-state index in [9.17, 15) is 0 Å². The number of aromatic nitrogens is 6. The van der Waals surface area contributed by atoms with Gasteiger partial charge < -0.3 is 14.8 Å². The molecule has 0 spiro atoms. The Labute approximate surface area is 199 Å². The van der Waals surface area contributed by atoms with E-state index in [4.69, 9.17) is 14.5 Å². The molecule has 0 saturated heterocycles. The first-order valence-electron chi connectivity index (χ1n) is 11.0. The van der Waals surface area contributed by atoms with Crippen molar-refractivity contribution in [1.82, 2.24) is 29.7 Å². The van der Waals surface area contributed by atoms with E-state index in [1.807, 2.05) is 44.4 Å². The molecule has 9 nitrogen and oxygen atoms in total. The first kappa shape index (κ1) is 23.2. The molecule has 1 N–H and O–H groups in total. The topological polar surface area (TPSA) is 99.9 Å². The van der Waals surface area contributed by atoms with Crippen LogP contribution in [-0.4, -0.2) is 43.4 Å². The number of rotatable bonds is 7.